The van der Waals surface area contributed by atoms with Gasteiger partial charge in [-0.3, -0.25) is 9.59 Å². The number of unbranched alkanes of at least 4 members (excludes halogenated alkanes) is 1. The molecule has 0 aliphatic rings. The molecule has 0 atom stereocenters. The van der Waals surface area contributed by atoms with Crippen LogP contribution in [0.1, 0.15) is 30.1 Å². The van der Waals surface area contributed by atoms with Gasteiger partial charge in [-0.15, -0.1) is 0 Å². The van der Waals surface area contributed by atoms with Gasteiger partial charge in [-0.2, -0.15) is 0 Å². The van der Waals surface area contributed by atoms with Crippen LogP contribution in [0.2, 0.25) is 0 Å². The van der Waals surface area contributed by atoms with Gasteiger partial charge in [0.25, 0.3) is 11.8 Å². The SMILES string of the molecule is CCCCNC(=O)COc1ccc(NC(=O)c2ccccc2OC)cc1. The zero-order valence-corrected chi connectivity index (χ0v) is 15.1. The highest BCUT2D eigenvalue weighted by Gasteiger charge is 2.11. The molecule has 2 aromatic carbocycles. The van der Waals surface area contributed by atoms with E-state index in [9.17, 15) is 9.59 Å². The third-order valence-corrected chi connectivity index (χ3v) is 3.69. The number of hydrogen-bond donors (Lipinski definition) is 2. The van der Waals surface area contributed by atoms with Gasteiger partial charge < -0.3 is 20.1 Å². The van der Waals surface area contributed by atoms with E-state index < -0.39 is 0 Å². The number of nitrogens with one attached hydrogen (secondary N) is 2. The second kappa shape index (κ2) is 10.1. The zero-order chi connectivity index (χ0) is 18.8. The van der Waals surface area contributed by atoms with Crippen LogP contribution in [0.3, 0.4) is 0 Å². The third kappa shape index (κ3) is 5.81. The number of para-hydroxylation sites is 1. The van der Waals surface area contributed by atoms with Gasteiger partial charge >= 0.3 is 0 Å². The molecule has 0 aromatic heterocycles. The Bertz CT molecular complexity index is 729. The molecule has 0 saturated heterocycles. The molecule has 2 N–H and O–H groups in total. The second-order valence-electron chi connectivity index (χ2n) is 5.67. The van der Waals surface area contributed by atoms with Crippen LogP contribution in [0.25, 0.3) is 0 Å². The molecule has 0 aliphatic heterocycles. The maximum atomic E-state index is 12.3. The average Bonchev–Trinajstić information content (AvgIpc) is 2.67. The molecular formula is C20H24N2O4. The zero-order valence-electron chi connectivity index (χ0n) is 15.1. The highest BCUT2D eigenvalue weighted by Crippen LogP contribution is 2.20. The van der Waals surface area contributed by atoms with E-state index in [1.54, 1.807) is 48.5 Å². The third-order valence-electron chi connectivity index (χ3n) is 3.69. The van der Waals surface area contributed by atoms with Crippen molar-refractivity contribution in [2.75, 3.05) is 25.6 Å². The number of ether oxygens (including phenoxy) is 2. The normalized spacial score (nSPS) is 10.1. The van der Waals surface area contributed by atoms with E-state index in [1.807, 2.05) is 0 Å². The first-order chi connectivity index (χ1) is 12.6. The van der Waals surface area contributed by atoms with E-state index in [-0.39, 0.29) is 18.4 Å². The maximum Gasteiger partial charge on any atom is 0.259 e. The van der Waals surface area contributed by atoms with Crippen LogP contribution in [0, 0.1) is 0 Å². The van der Waals surface area contributed by atoms with E-state index in [1.165, 1.54) is 7.11 Å². The summed E-state index contributed by atoms with van der Waals surface area (Å²) in [4.78, 5) is 24.0. The molecule has 2 amide bonds. The minimum atomic E-state index is -0.258. The first-order valence-electron chi connectivity index (χ1n) is 8.58. The fraction of sp³-hybridized carbons (Fsp3) is 0.300. The Morgan fingerprint density at radius 2 is 1.77 bits per heavy atom. The number of amides is 2. The fourth-order valence-electron chi connectivity index (χ4n) is 2.27. The molecule has 138 valence electrons. The standard InChI is InChI=1S/C20H24N2O4/c1-3-4-13-21-19(23)14-26-16-11-9-15(10-12-16)22-20(24)17-7-5-6-8-18(17)25-2/h5-12H,3-4,13-14H2,1-2H3,(H,21,23)(H,22,24). The lowest BCUT2D eigenvalue weighted by Crippen LogP contribution is -2.29. The van der Waals surface area contributed by atoms with Gasteiger partial charge in [0, 0.05) is 12.2 Å². The lowest BCUT2D eigenvalue weighted by molar-refractivity contribution is -0.123. The molecule has 0 radical (unpaired) electrons. The van der Waals surface area contributed by atoms with Gasteiger partial charge in [-0.05, 0) is 42.8 Å². The van der Waals surface area contributed by atoms with Crippen molar-refractivity contribution in [2.45, 2.75) is 19.8 Å². The lowest BCUT2D eigenvalue weighted by Gasteiger charge is -2.10. The highest BCUT2D eigenvalue weighted by molar-refractivity contribution is 6.06. The smallest absolute Gasteiger partial charge is 0.259 e. The van der Waals surface area contributed by atoms with Crippen molar-refractivity contribution in [3.8, 4) is 11.5 Å². The summed E-state index contributed by atoms with van der Waals surface area (Å²) in [7, 11) is 1.52. The van der Waals surface area contributed by atoms with E-state index >= 15 is 0 Å². The quantitative estimate of drug-likeness (QED) is 0.676. The number of hydrogen-bond acceptors (Lipinski definition) is 4. The molecule has 26 heavy (non-hydrogen) atoms. The Kier molecular flexibility index (Phi) is 7.49. The molecule has 0 unspecified atom stereocenters. The summed E-state index contributed by atoms with van der Waals surface area (Å²) in [6.07, 6.45) is 1.98. The molecule has 6 heteroatoms. The van der Waals surface area contributed by atoms with Gasteiger partial charge in [0.1, 0.15) is 11.5 Å². The lowest BCUT2D eigenvalue weighted by atomic mass is 10.2. The van der Waals surface area contributed by atoms with Crippen molar-refractivity contribution in [2.24, 2.45) is 0 Å². The van der Waals surface area contributed by atoms with Crippen molar-refractivity contribution in [3.63, 3.8) is 0 Å². The van der Waals surface area contributed by atoms with Crippen LogP contribution < -0.4 is 20.1 Å². The van der Waals surface area contributed by atoms with Crippen molar-refractivity contribution in [1.29, 1.82) is 0 Å². The molecule has 2 aromatic rings. The molecule has 0 heterocycles. The summed E-state index contributed by atoms with van der Waals surface area (Å²) in [5.41, 5.74) is 1.08. The number of benzene rings is 2. The van der Waals surface area contributed by atoms with E-state index in [4.69, 9.17) is 9.47 Å². The summed E-state index contributed by atoms with van der Waals surface area (Å²) in [5.74, 6) is 0.670. The highest BCUT2D eigenvalue weighted by atomic mass is 16.5. The first-order valence-corrected chi connectivity index (χ1v) is 8.58. The van der Waals surface area contributed by atoms with Crippen LogP contribution >= 0.6 is 0 Å². The predicted octanol–water partition coefficient (Wildman–Crippen LogP) is 3.24. The molecule has 0 fully saturated rings. The number of rotatable bonds is 9. The van der Waals surface area contributed by atoms with Crippen molar-refractivity contribution < 1.29 is 19.1 Å². The summed E-state index contributed by atoms with van der Waals surface area (Å²) in [6.45, 7) is 2.69. The summed E-state index contributed by atoms with van der Waals surface area (Å²) in [6, 6.07) is 13.9. The summed E-state index contributed by atoms with van der Waals surface area (Å²) >= 11 is 0. The Hall–Kier alpha value is -3.02. The second-order valence-corrected chi connectivity index (χ2v) is 5.67. The Morgan fingerprint density at radius 3 is 2.46 bits per heavy atom. The minimum absolute atomic E-state index is 0.0311. The molecule has 0 aliphatic carbocycles. The van der Waals surface area contributed by atoms with Crippen LogP contribution in [0.4, 0.5) is 5.69 Å². The molecule has 2 rings (SSSR count). The van der Waals surface area contributed by atoms with E-state index in [0.29, 0.717) is 29.3 Å². The largest absolute Gasteiger partial charge is 0.496 e. The van der Waals surface area contributed by atoms with Crippen molar-refractivity contribution in [1.82, 2.24) is 5.32 Å². The fourth-order valence-corrected chi connectivity index (χ4v) is 2.27. The first kappa shape index (κ1) is 19.3. The number of anilines is 1. The number of carbonyl (C=O) groups excluding carboxylic acids is 2. The summed E-state index contributed by atoms with van der Waals surface area (Å²) in [5, 5.41) is 5.59. The molecule has 0 saturated carbocycles. The number of methoxy groups -OCH3 is 1. The maximum absolute atomic E-state index is 12.3. The minimum Gasteiger partial charge on any atom is -0.496 e. The van der Waals surface area contributed by atoms with Crippen LogP contribution in [-0.2, 0) is 4.79 Å². The van der Waals surface area contributed by atoms with Crippen molar-refractivity contribution in [3.05, 3.63) is 54.1 Å². The van der Waals surface area contributed by atoms with E-state index in [0.717, 1.165) is 12.8 Å². The monoisotopic (exact) mass is 356 g/mol. The van der Waals surface area contributed by atoms with E-state index in [2.05, 4.69) is 17.6 Å². The van der Waals surface area contributed by atoms with Gasteiger partial charge in [-0.1, -0.05) is 25.5 Å². The van der Waals surface area contributed by atoms with Gasteiger partial charge in [-0.25, -0.2) is 0 Å². The van der Waals surface area contributed by atoms with Gasteiger partial charge in [0.05, 0.1) is 12.7 Å². The Labute approximate surface area is 153 Å². The Morgan fingerprint density at radius 1 is 1.04 bits per heavy atom. The van der Waals surface area contributed by atoms with Gasteiger partial charge in [0.15, 0.2) is 6.61 Å². The molecular weight excluding hydrogens is 332 g/mol. The van der Waals surface area contributed by atoms with Crippen LogP contribution in [0.15, 0.2) is 48.5 Å². The molecule has 6 nitrogen and oxygen atoms in total. The van der Waals surface area contributed by atoms with Crippen LogP contribution in [0.5, 0.6) is 11.5 Å². The number of carbonyl (C=O) groups is 2. The predicted molar refractivity (Wildman–Crippen MR) is 101 cm³/mol. The summed E-state index contributed by atoms with van der Waals surface area (Å²) < 4.78 is 10.6. The van der Waals surface area contributed by atoms with Gasteiger partial charge in [0.2, 0.25) is 0 Å². The van der Waals surface area contributed by atoms with Crippen LogP contribution in [-0.4, -0.2) is 32.1 Å². The Balaban J connectivity index is 1.87. The van der Waals surface area contributed by atoms with Crippen molar-refractivity contribution >= 4 is 17.5 Å². The topological polar surface area (TPSA) is 76.7 Å². The average molecular weight is 356 g/mol. The molecule has 0 spiro atoms. The molecule has 0 bridgehead atoms.